The number of benzene rings is 2. The second-order valence-corrected chi connectivity index (χ2v) is 3.72. The van der Waals surface area contributed by atoms with Gasteiger partial charge in [-0.1, -0.05) is 48.6 Å². The van der Waals surface area contributed by atoms with E-state index in [2.05, 4.69) is 48.6 Å². The van der Waals surface area contributed by atoms with E-state index in [0.29, 0.717) is 0 Å². The van der Waals surface area contributed by atoms with E-state index in [1.165, 1.54) is 21.9 Å². The first-order valence-corrected chi connectivity index (χ1v) is 5.28. The summed E-state index contributed by atoms with van der Waals surface area (Å²) < 4.78 is 29.0. The first kappa shape index (κ1) is 11.7. The highest BCUT2D eigenvalue weighted by Gasteiger charge is 2.06. The molecule has 1 aliphatic carbocycles. The predicted molar refractivity (Wildman–Crippen MR) is 63.8 cm³/mol. The van der Waals surface area contributed by atoms with Crippen LogP contribution in [0, 0.1) is 0 Å². The molecule has 3 heteroatoms. The summed E-state index contributed by atoms with van der Waals surface area (Å²) in [4.78, 5) is 0. The van der Waals surface area contributed by atoms with Gasteiger partial charge in [-0.05, 0) is 28.3 Å². The number of halogens is 3. The van der Waals surface area contributed by atoms with E-state index < -0.39 is 6.68 Å². The highest BCUT2D eigenvalue weighted by molar-refractivity contribution is 5.94. The first-order valence-electron chi connectivity index (χ1n) is 5.28. The maximum atomic E-state index is 9.67. The Balaban J connectivity index is 0.000000239. The van der Waals surface area contributed by atoms with Crippen LogP contribution in [0.5, 0.6) is 0 Å². The van der Waals surface area contributed by atoms with Crippen molar-refractivity contribution >= 4 is 16.8 Å². The van der Waals surface area contributed by atoms with Gasteiger partial charge in [0.15, 0.2) is 0 Å². The highest BCUT2D eigenvalue weighted by Crippen LogP contribution is 2.27. The first-order chi connectivity index (χ1) is 8.18. The summed E-state index contributed by atoms with van der Waals surface area (Å²) in [5.41, 5.74) is 2.81. The molecule has 3 rings (SSSR count). The minimum atomic E-state index is -3.67. The molecule has 0 spiro atoms. The third-order valence-corrected chi connectivity index (χ3v) is 2.66. The van der Waals surface area contributed by atoms with Crippen molar-refractivity contribution in [3.8, 4) is 0 Å². The van der Waals surface area contributed by atoms with Gasteiger partial charge < -0.3 is 0 Å². The quantitative estimate of drug-likeness (QED) is 0.627. The second kappa shape index (κ2) is 5.04. The fraction of sp³-hybridized carbons (Fsp3) is 0.143. The molecule has 88 valence electrons. The normalized spacial score (nSPS) is 12.5. The zero-order valence-corrected chi connectivity index (χ0v) is 9.04. The van der Waals surface area contributed by atoms with Crippen LogP contribution in [-0.4, -0.2) is 6.68 Å². The fourth-order valence-electron chi connectivity index (χ4n) is 2.07. The van der Waals surface area contributed by atoms with Crippen LogP contribution in [0.1, 0.15) is 11.1 Å². The molecule has 0 bridgehead atoms. The summed E-state index contributed by atoms with van der Waals surface area (Å²) >= 11 is 0. The Labute approximate surface area is 97.4 Å². The van der Waals surface area contributed by atoms with Crippen molar-refractivity contribution in [2.75, 3.05) is 0 Å². The average Bonchev–Trinajstić information content (AvgIpc) is 2.30. The Morgan fingerprint density at radius 3 is 2.29 bits per heavy atom. The molecule has 2 aromatic carbocycles. The van der Waals surface area contributed by atoms with Crippen LogP contribution < -0.4 is 0 Å². The molecule has 0 heterocycles. The summed E-state index contributed by atoms with van der Waals surface area (Å²) in [7, 11) is 0. The maximum absolute atomic E-state index is 9.67. The van der Waals surface area contributed by atoms with Crippen LogP contribution in [0.2, 0.25) is 0 Å². The summed E-state index contributed by atoms with van der Waals surface area (Å²) in [6, 6.07) is 13.0. The Kier molecular flexibility index (Phi) is 3.47. The zero-order valence-electron chi connectivity index (χ0n) is 9.04. The summed E-state index contributed by atoms with van der Waals surface area (Å²) in [6.45, 7) is -3.67. The molecule has 0 radical (unpaired) electrons. The van der Waals surface area contributed by atoms with E-state index in [0.717, 1.165) is 6.42 Å². The molecule has 0 fully saturated rings. The van der Waals surface area contributed by atoms with Gasteiger partial charge >= 0.3 is 6.68 Å². The maximum Gasteiger partial charge on any atom is 0.379 e. The van der Waals surface area contributed by atoms with Crippen molar-refractivity contribution in [1.29, 1.82) is 0 Å². The van der Waals surface area contributed by atoms with Crippen LogP contribution in [0.3, 0.4) is 0 Å². The molecule has 0 aromatic heterocycles. The van der Waals surface area contributed by atoms with E-state index in [9.17, 15) is 13.2 Å². The van der Waals surface area contributed by atoms with Crippen molar-refractivity contribution in [2.45, 2.75) is 13.1 Å². The molecule has 0 amide bonds. The number of rotatable bonds is 0. The van der Waals surface area contributed by atoms with Crippen molar-refractivity contribution in [3.05, 3.63) is 53.6 Å². The summed E-state index contributed by atoms with van der Waals surface area (Å²) in [5.74, 6) is 0. The second-order valence-electron chi connectivity index (χ2n) is 3.72. The van der Waals surface area contributed by atoms with Crippen LogP contribution in [0.4, 0.5) is 13.2 Å². The Bertz CT molecular complexity index is 536. The number of hydrogen-bond donors (Lipinski definition) is 0. The van der Waals surface area contributed by atoms with Gasteiger partial charge in [-0.2, -0.15) is 13.2 Å². The van der Waals surface area contributed by atoms with Gasteiger partial charge in [-0.3, -0.25) is 0 Å². The van der Waals surface area contributed by atoms with Gasteiger partial charge in [0, 0.05) is 0 Å². The minimum Gasteiger partial charge on any atom is -0.174 e. The van der Waals surface area contributed by atoms with Crippen molar-refractivity contribution < 1.29 is 13.2 Å². The third kappa shape index (κ3) is 2.67. The van der Waals surface area contributed by atoms with Crippen LogP contribution in [0.15, 0.2) is 42.5 Å². The molecule has 0 N–H and O–H groups in total. The predicted octanol–water partition coefficient (Wildman–Crippen LogP) is 4.59. The molecule has 0 atom stereocenters. The SMILES string of the molecule is C1=Cc2cccc3cccc(c23)C1.FC(F)F. The molecular formula is C14H11F3. The lowest BCUT2D eigenvalue weighted by Gasteiger charge is -2.11. The van der Waals surface area contributed by atoms with Gasteiger partial charge in [0.05, 0.1) is 0 Å². The molecule has 1 aliphatic rings. The lowest BCUT2D eigenvalue weighted by molar-refractivity contribution is 0.00819. The lowest BCUT2D eigenvalue weighted by atomic mass is 9.93. The van der Waals surface area contributed by atoms with E-state index in [1.807, 2.05) is 0 Å². The summed E-state index contributed by atoms with van der Waals surface area (Å²) in [6.07, 6.45) is 5.53. The van der Waals surface area contributed by atoms with E-state index in [1.54, 1.807) is 0 Å². The Morgan fingerprint density at radius 2 is 1.59 bits per heavy atom. The summed E-state index contributed by atoms with van der Waals surface area (Å²) in [5, 5.41) is 2.80. The van der Waals surface area contributed by atoms with Gasteiger partial charge in [0.1, 0.15) is 0 Å². The minimum absolute atomic E-state index is 1.08. The average molecular weight is 236 g/mol. The topological polar surface area (TPSA) is 0 Å². The number of hydrogen-bond acceptors (Lipinski definition) is 0. The smallest absolute Gasteiger partial charge is 0.174 e. The monoisotopic (exact) mass is 236 g/mol. The van der Waals surface area contributed by atoms with Crippen LogP contribution in [-0.2, 0) is 6.42 Å². The number of alkyl halides is 3. The van der Waals surface area contributed by atoms with Crippen molar-refractivity contribution in [2.24, 2.45) is 0 Å². The van der Waals surface area contributed by atoms with Crippen molar-refractivity contribution in [3.63, 3.8) is 0 Å². The van der Waals surface area contributed by atoms with Gasteiger partial charge in [0.25, 0.3) is 0 Å². The molecule has 0 nitrogen and oxygen atoms in total. The largest absolute Gasteiger partial charge is 0.379 e. The standard InChI is InChI=1S/C13H10.CHF3/c1-4-10-6-2-8-12-9-3-7-11(5-1)13(10)12;2-1(3)4/h1-8H,9H2;1H. The van der Waals surface area contributed by atoms with Crippen LogP contribution >= 0.6 is 0 Å². The molecule has 0 saturated carbocycles. The molecule has 0 unspecified atom stereocenters. The fourth-order valence-corrected chi connectivity index (χ4v) is 2.07. The zero-order chi connectivity index (χ0) is 12.3. The lowest BCUT2D eigenvalue weighted by Crippen LogP contribution is -1.91. The van der Waals surface area contributed by atoms with Gasteiger partial charge in [0.2, 0.25) is 0 Å². The Morgan fingerprint density at radius 1 is 0.941 bits per heavy atom. The third-order valence-electron chi connectivity index (χ3n) is 2.66. The number of allylic oxidation sites excluding steroid dienone is 1. The molecule has 0 aliphatic heterocycles. The van der Waals surface area contributed by atoms with Gasteiger partial charge in [-0.15, -0.1) is 0 Å². The van der Waals surface area contributed by atoms with E-state index in [4.69, 9.17) is 0 Å². The molecule has 2 aromatic rings. The molecule has 0 saturated heterocycles. The molecular weight excluding hydrogens is 225 g/mol. The van der Waals surface area contributed by atoms with Crippen LogP contribution in [0.25, 0.3) is 16.8 Å². The Hall–Kier alpha value is -1.77. The molecule has 17 heavy (non-hydrogen) atoms. The van der Waals surface area contributed by atoms with E-state index in [-0.39, 0.29) is 0 Å². The highest BCUT2D eigenvalue weighted by atomic mass is 19.4. The van der Waals surface area contributed by atoms with Crippen molar-refractivity contribution in [1.82, 2.24) is 0 Å². The van der Waals surface area contributed by atoms with E-state index >= 15 is 0 Å². The van der Waals surface area contributed by atoms with Gasteiger partial charge in [-0.25, -0.2) is 0 Å².